The average molecular weight is 366 g/mol. The van der Waals surface area contributed by atoms with Crippen molar-refractivity contribution in [1.82, 2.24) is 0 Å². The molecule has 1 amide bonds. The molecule has 2 aromatic carbocycles. The van der Waals surface area contributed by atoms with Gasteiger partial charge in [0.2, 0.25) is 0 Å². The van der Waals surface area contributed by atoms with Gasteiger partial charge in [-0.25, -0.2) is 0 Å². The maximum absolute atomic E-state index is 12.4. The summed E-state index contributed by atoms with van der Waals surface area (Å²) in [5.74, 6) is 0.764. The smallest absolute Gasteiger partial charge is 0.257 e. The topological polar surface area (TPSA) is 67.8 Å². The number of methoxy groups -OCH3 is 1. The standard InChI is InChI=1S/C16H16BrNO4/c1-3-22-15-8-10(19)4-7-14(15)18-16(20)12-9-11(21-2)5-6-13(12)17/h4-9,19H,3H2,1-2H3,(H,18,20). The van der Waals surface area contributed by atoms with E-state index in [1.54, 1.807) is 24.3 Å². The normalized spacial score (nSPS) is 10.1. The summed E-state index contributed by atoms with van der Waals surface area (Å²) in [6.45, 7) is 2.25. The van der Waals surface area contributed by atoms with E-state index in [2.05, 4.69) is 21.2 Å². The molecule has 2 aromatic rings. The summed E-state index contributed by atoms with van der Waals surface area (Å²) in [6.07, 6.45) is 0. The number of phenolic OH excluding ortho intramolecular Hbond substituents is 1. The van der Waals surface area contributed by atoms with Gasteiger partial charge in [-0.05, 0) is 53.2 Å². The highest BCUT2D eigenvalue weighted by Gasteiger charge is 2.14. The summed E-state index contributed by atoms with van der Waals surface area (Å²) in [5.41, 5.74) is 0.925. The van der Waals surface area contributed by atoms with Crippen molar-refractivity contribution < 1.29 is 19.4 Å². The average Bonchev–Trinajstić information content (AvgIpc) is 2.50. The Morgan fingerprint density at radius 3 is 2.73 bits per heavy atom. The number of benzene rings is 2. The number of nitrogens with one attached hydrogen (secondary N) is 1. The Morgan fingerprint density at radius 2 is 2.05 bits per heavy atom. The number of hydrogen-bond acceptors (Lipinski definition) is 4. The molecule has 0 spiro atoms. The molecule has 0 heterocycles. The third-order valence-electron chi connectivity index (χ3n) is 2.93. The Bertz CT molecular complexity index is 688. The van der Waals surface area contributed by atoms with Gasteiger partial charge in [0.25, 0.3) is 5.91 Å². The fourth-order valence-electron chi connectivity index (χ4n) is 1.88. The third-order valence-corrected chi connectivity index (χ3v) is 3.62. The second kappa shape index (κ2) is 7.17. The van der Waals surface area contributed by atoms with Crippen LogP contribution < -0.4 is 14.8 Å². The zero-order chi connectivity index (χ0) is 16.1. The number of carbonyl (C=O) groups is 1. The highest BCUT2D eigenvalue weighted by atomic mass is 79.9. The first-order valence-corrected chi connectivity index (χ1v) is 7.45. The van der Waals surface area contributed by atoms with Gasteiger partial charge in [-0.1, -0.05) is 0 Å². The molecule has 6 heteroatoms. The Kier molecular flexibility index (Phi) is 5.27. The maximum atomic E-state index is 12.4. The predicted octanol–water partition coefficient (Wildman–Crippen LogP) is 3.81. The molecule has 0 unspecified atom stereocenters. The molecule has 0 saturated heterocycles. The number of aromatic hydroxyl groups is 1. The highest BCUT2D eigenvalue weighted by Crippen LogP contribution is 2.30. The predicted molar refractivity (Wildman–Crippen MR) is 87.9 cm³/mol. The van der Waals surface area contributed by atoms with E-state index >= 15 is 0 Å². The molecule has 0 aliphatic heterocycles. The highest BCUT2D eigenvalue weighted by molar-refractivity contribution is 9.10. The number of anilines is 1. The Morgan fingerprint density at radius 1 is 1.27 bits per heavy atom. The van der Waals surface area contributed by atoms with Crippen LogP contribution in [0.4, 0.5) is 5.69 Å². The molecule has 2 rings (SSSR count). The molecule has 0 radical (unpaired) electrons. The van der Waals surface area contributed by atoms with E-state index in [9.17, 15) is 9.90 Å². The summed E-state index contributed by atoms with van der Waals surface area (Å²) in [6, 6.07) is 9.67. The van der Waals surface area contributed by atoms with Crippen molar-refractivity contribution in [3.8, 4) is 17.2 Å². The van der Waals surface area contributed by atoms with Crippen molar-refractivity contribution in [2.24, 2.45) is 0 Å². The molecule has 0 atom stereocenters. The van der Waals surface area contributed by atoms with Crippen molar-refractivity contribution in [3.63, 3.8) is 0 Å². The van der Waals surface area contributed by atoms with Gasteiger partial charge in [0.1, 0.15) is 17.2 Å². The van der Waals surface area contributed by atoms with Gasteiger partial charge in [0.15, 0.2) is 0 Å². The van der Waals surface area contributed by atoms with E-state index in [0.29, 0.717) is 33.8 Å². The number of amides is 1. The molecule has 0 aromatic heterocycles. The molecule has 0 bridgehead atoms. The molecule has 0 aliphatic carbocycles. The zero-order valence-electron chi connectivity index (χ0n) is 12.2. The molecular formula is C16H16BrNO4. The molecular weight excluding hydrogens is 350 g/mol. The fraction of sp³-hybridized carbons (Fsp3) is 0.188. The quantitative estimate of drug-likeness (QED) is 0.790. The van der Waals surface area contributed by atoms with E-state index in [0.717, 1.165) is 0 Å². The molecule has 116 valence electrons. The number of phenols is 1. The van der Waals surface area contributed by atoms with E-state index in [1.165, 1.54) is 19.2 Å². The van der Waals surface area contributed by atoms with Crippen molar-refractivity contribution in [2.75, 3.05) is 19.0 Å². The second-order valence-corrected chi connectivity index (χ2v) is 5.27. The maximum Gasteiger partial charge on any atom is 0.257 e. The van der Waals surface area contributed by atoms with Crippen LogP contribution in [0.3, 0.4) is 0 Å². The van der Waals surface area contributed by atoms with Gasteiger partial charge in [-0.15, -0.1) is 0 Å². The summed E-state index contributed by atoms with van der Waals surface area (Å²) < 4.78 is 11.2. The van der Waals surface area contributed by atoms with Crippen molar-refractivity contribution in [3.05, 3.63) is 46.4 Å². The van der Waals surface area contributed by atoms with Crippen molar-refractivity contribution in [1.29, 1.82) is 0 Å². The summed E-state index contributed by atoms with van der Waals surface area (Å²) in [7, 11) is 1.54. The van der Waals surface area contributed by atoms with E-state index in [4.69, 9.17) is 9.47 Å². The minimum absolute atomic E-state index is 0.0732. The van der Waals surface area contributed by atoms with Gasteiger partial charge in [0.05, 0.1) is 25.0 Å². The van der Waals surface area contributed by atoms with E-state index in [-0.39, 0.29) is 11.7 Å². The van der Waals surface area contributed by atoms with Crippen LogP contribution in [-0.4, -0.2) is 24.7 Å². The lowest BCUT2D eigenvalue weighted by molar-refractivity contribution is 0.102. The van der Waals surface area contributed by atoms with Crippen LogP contribution in [0.25, 0.3) is 0 Å². The molecule has 2 N–H and O–H groups in total. The van der Waals surface area contributed by atoms with Gasteiger partial charge in [-0.3, -0.25) is 4.79 Å². The number of carbonyl (C=O) groups excluding carboxylic acids is 1. The SMILES string of the molecule is CCOc1cc(O)ccc1NC(=O)c1cc(OC)ccc1Br. The van der Waals surface area contributed by atoms with Crippen molar-refractivity contribution in [2.45, 2.75) is 6.92 Å². The number of ether oxygens (including phenoxy) is 2. The molecule has 0 saturated carbocycles. The summed E-state index contributed by atoms with van der Waals surface area (Å²) in [5, 5.41) is 12.3. The first-order chi connectivity index (χ1) is 10.5. The van der Waals surface area contributed by atoms with Crippen LogP contribution in [0.1, 0.15) is 17.3 Å². The van der Waals surface area contributed by atoms with Crippen LogP contribution in [0, 0.1) is 0 Å². The minimum Gasteiger partial charge on any atom is -0.508 e. The Labute approximate surface area is 137 Å². The number of halogens is 1. The summed E-state index contributed by atoms with van der Waals surface area (Å²) in [4.78, 5) is 12.4. The van der Waals surface area contributed by atoms with Crippen LogP contribution in [0.2, 0.25) is 0 Å². The first-order valence-electron chi connectivity index (χ1n) is 6.66. The third kappa shape index (κ3) is 3.71. The van der Waals surface area contributed by atoms with E-state index in [1.807, 2.05) is 6.92 Å². The largest absolute Gasteiger partial charge is 0.508 e. The second-order valence-electron chi connectivity index (χ2n) is 4.41. The van der Waals surface area contributed by atoms with Crippen LogP contribution in [0.15, 0.2) is 40.9 Å². The van der Waals surface area contributed by atoms with Gasteiger partial charge in [0, 0.05) is 10.5 Å². The lowest BCUT2D eigenvalue weighted by Gasteiger charge is -2.13. The Balaban J connectivity index is 2.29. The minimum atomic E-state index is -0.308. The van der Waals surface area contributed by atoms with Gasteiger partial charge in [-0.2, -0.15) is 0 Å². The Hall–Kier alpha value is -2.21. The zero-order valence-corrected chi connectivity index (χ0v) is 13.8. The summed E-state index contributed by atoms with van der Waals surface area (Å²) >= 11 is 3.35. The molecule has 22 heavy (non-hydrogen) atoms. The molecule has 5 nitrogen and oxygen atoms in total. The fourth-order valence-corrected chi connectivity index (χ4v) is 2.31. The van der Waals surface area contributed by atoms with Gasteiger partial charge < -0.3 is 19.9 Å². The molecule has 0 fully saturated rings. The first kappa shape index (κ1) is 16.2. The van der Waals surface area contributed by atoms with Gasteiger partial charge >= 0.3 is 0 Å². The number of hydrogen-bond donors (Lipinski definition) is 2. The van der Waals surface area contributed by atoms with Crippen molar-refractivity contribution >= 4 is 27.5 Å². The van der Waals surface area contributed by atoms with Crippen LogP contribution in [0.5, 0.6) is 17.2 Å². The van der Waals surface area contributed by atoms with Crippen LogP contribution in [-0.2, 0) is 0 Å². The number of rotatable bonds is 5. The monoisotopic (exact) mass is 365 g/mol. The molecule has 0 aliphatic rings. The van der Waals surface area contributed by atoms with Crippen LogP contribution >= 0.6 is 15.9 Å². The lowest BCUT2D eigenvalue weighted by atomic mass is 10.2. The lowest BCUT2D eigenvalue weighted by Crippen LogP contribution is -2.13. The van der Waals surface area contributed by atoms with E-state index < -0.39 is 0 Å².